The standard InChI is InChI=1S/C18H28N2O2S/c1-13(2)10-14-4-8-18(9-5-14)23(21,22)20(3)17-11-15-6-7-16(12-17)19-15/h4-5,8-9,13,15-17,19H,6-7,10-12H2,1-3H3. The second-order valence-corrected chi connectivity index (χ2v) is 9.52. The minimum Gasteiger partial charge on any atom is -0.311 e. The Labute approximate surface area is 140 Å². The average molecular weight is 337 g/mol. The predicted molar refractivity (Wildman–Crippen MR) is 92.9 cm³/mol. The first-order valence-electron chi connectivity index (χ1n) is 8.69. The molecule has 0 aliphatic carbocycles. The first-order valence-corrected chi connectivity index (χ1v) is 10.1. The zero-order valence-electron chi connectivity index (χ0n) is 14.3. The molecular weight excluding hydrogens is 308 g/mol. The summed E-state index contributed by atoms with van der Waals surface area (Å²) in [6, 6.07) is 8.53. The number of nitrogens with zero attached hydrogens (tertiary/aromatic N) is 1. The van der Waals surface area contributed by atoms with E-state index in [4.69, 9.17) is 0 Å². The van der Waals surface area contributed by atoms with Gasteiger partial charge in [-0.3, -0.25) is 0 Å². The van der Waals surface area contributed by atoms with Gasteiger partial charge < -0.3 is 5.32 Å². The van der Waals surface area contributed by atoms with Gasteiger partial charge >= 0.3 is 0 Å². The minimum atomic E-state index is -3.40. The molecule has 2 unspecified atom stereocenters. The molecule has 0 radical (unpaired) electrons. The van der Waals surface area contributed by atoms with Crippen molar-refractivity contribution >= 4 is 10.0 Å². The monoisotopic (exact) mass is 336 g/mol. The highest BCUT2D eigenvalue weighted by Crippen LogP contribution is 2.31. The van der Waals surface area contributed by atoms with Crippen molar-refractivity contribution < 1.29 is 8.42 Å². The fourth-order valence-corrected chi connectivity index (χ4v) is 5.33. The number of piperidine rings is 1. The van der Waals surface area contributed by atoms with Crippen LogP contribution in [0.4, 0.5) is 0 Å². The van der Waals surface area contributed by atoms with Crippen LogP contribution in [0.25, 0.3) is 0 Å². The summed E-state index contributed by atoms with van der Waals surface area (Å²) in [7, 11) is -1.65. The highest BCUT2D eigenvalue weighted by molar-refractivity contribution is 7.89. The molecule has 0 saturated carbocycles. The highest BCUT2D eigenvalue weighted by Gasteiger charge is 2.38. The Hall–Kier alpha value is -0.910. The number of rotatable bonds is 5. The number of hydrogen-bond donors (Lipinski definition) is 1. The Morgan fingerprint density at radius 2 is 1.70 bits per heavy atom. The molecule has 2 aliphatic rings. The first kappa shape index (κ1) is 16.9. The van der Waals surface area contributed by atoms with Crippen LogP contribution in [0.1, 0.15) is 45.1 Å². The molecule has 2 atom stereocenters. The molecule has 0 aromatic heterocycles. The van der Waals surface area contributed by atoms with Gasteiger partial charge in [0.15, 0.2) is 0 Å². The summed E-state index contributed by atoms with van der Waals surface area (Å²) in [6.45, 7) is 4.34. The third kappa shape index (κ3) is 3.62. The van der Waals surface area contributed by atoms with E-state index in [1.54, 1.807) is 23.5 Å². The van der Waals surface area contributed by atoms with Gasteiger partial charge in [0.05, 0.1) is 4.90 Å². The van der Waals surface area contributed by atoms with E-state index in [9.17, 15) is 8.42 Å². The number of hydrogen-bond acceptors (Lipinski definition) is 3. The van der Waals surface area contributed by atoms with E-state index in [-0.39, 0.29) is 6.04 Å². The van der Waals surface area contributed by atoms with Gasteiger partial charge in [-0.1, -0.05) is 26.0 Å². The van der Waals surface area contributed by atoms with Gasteiger partial charge in [-0.15, -0.1) is 0 Å². The smallest absolute Gasteiger partial charge is 0.243 e. The van der Waals surface area contributed by atoms with Crippen molar-refractivity contribution in [2.24, 2.45) is 5.92 Å². The van der Waals surface area contributed by atoms with Crippen LogP contribution < -0.4 is 5.32 Å². The maximum atomic E-state index is 12.9. The van der Waals surface area contributed by atoms with Crippen molar-refractivity contribution in [3.8, 4) is 0 Å². The molecule has 0 amide bonds. The molecule has 1 aromatic carbocycles. The summed E-state index contributed by atoms with van der Waals surface area (Å²) in [6.07, 6.45) is 5.20. The average Bonchev–Trinajstić information content (AvgIpc) is 2.84. The second-order valence-electron chi connectivity index (χ2n) is 7.53. The van der Waals surface area contributed by atoms with E-state index in [1.165, 1.54) is 18.4 Å². The van der Waals surface area contributed by atoms with Gasteiger partial charge in [0.2, 0.25) is 10.0 Å². The van der Waals surface area contributed by atoms with Crippen LogP contribution in [0.2, 0.25) is 0 Å². The van der Waals surface area contributed by atoms with Crippen LogP contribution in [0.15, 0.2) is 29.2 Å². The van der Waals surface area contributed by atoms with Crippen LogP contribution in [0, 0.1) is 5.92 Å². The molecule has 0 spiro atoms. The van der Waals surface area contributed by atoms with Crippen LogP contribution in [0.5, 0.6) is 0 Å². The molecule has 2 bridgehead atoms. The van der Waals surface area contributed by atoms with Crippen molar-refractivity contribution in [1.82, 2.24) is 9.62 Å². The summed E-state index contributed by atoms with van der Waals surface area (Å²) < 4.78 is 27.4. The van der Waals surface area contributed by atoms with Crippen molar-refractivity contribution in [2.45, 2.75) is 69.0 Å². The van der Waals surface area contributed by atoms with Gasteiger partial charge in [0.1, 0.15) is 0 Å². The number of benzene rings is 1. The van der Waals surface area contributed by atoms with Crippen molar-refractivity contribution in [3.63, 3.8) is 0 Å². The molecule has 3 rings (SSSR count). The van der Waals surface area contributed by atoms with Crippen molar-refractivity contribution in [3.05, 3.63) is 29.8 Å². The molecule has 23 heavy (non-hydrogen) atoms. The van der Waals surface area contributed by atoms with Crippen LogP contribution in [0.3, 0.4) is 0 Å². The van der Waals surface area contributed by atoms with Gasteiger partial charge in [-0.25, -0.2) is 8.42 Å². The zero-order valence-corrected chi connectivity index (χ0v) is 15.1. The Morgan fingerprint density at radius 1 is 1.13 bits per heavy atom. The van der Waals surface area contributed by atoms with Gasteiger partial charge in [-0.2, -0.15) is 4.31 Å². The number of sulfonamides is 1. The molecule has 2 heterocycles. The number of fused-ring (bicyclic) bond motifs is 2. The van der Waals surface area contributed by atoms with Crippen LogP contribution >= 0.6 is 0 Å². The SMILES string of the molecule is CC(C)Cc1ccc(S(=O)(=O)N(C)C2CC3CCC(C2)N3)cc1. The van der Waals surface area contributed by atoms with E-state index in [2.05, 4.69) is 19.2 Å². The lowest BCUT2D eigenvalue weighted by atomic mass is 10.0. The lowest BCUT2D eigenvalue weighted by Crippen LogP contribution is -2.48. The Balaban J connectivity index is 1.75. The lowest BCUT2D eigenvalue weighted by Gasteiger charge is -2.34. The molecule has 2 aliphatic heterocycles. The maximum absolute atomic E-state index is 12.9. The van der Waals surface area contributed by atoms with Gasteiger partial charge in [0.25, 0.3) is 0 Å². The normalized spacial score (nSPS) is 27.8. The Morgan fingerprint density at radius 3 is 2.22 bits per heavy atom. The summed E-state index contributed by atoms with van der Waals surface area (Å²) in [5, 5.41) is 3.57. The van der Waals surface area contributed by atoms with Crippen LogP contribution in [-0.4, -0.2) is 37.9 Å². The largest absolute Gasteiger partial charge is 0.311 e. The fourth-order valence-electron chi connectivity index (χ4n) is 3.96. The summed E-state index contributed by atoms with van der Waals surface area (Å²) in [4.78, 5) is 0.415. The van der Waals surface area contributed by atoms with Crippen molar-refractivity contribution in [2.75, 3.05) is 7.05 Å². The summed E-state index contributed by atoms with van der Waals surface area (Å²) in [5.41, 5.74) is 1.20. The topological polar surface area (TPSA) is 49.4 Å². The third-order valence-electron chi connectivity index (χ3n) is 5.21. The third-order valence-corrected chi connectivity index (χ3v) is 7.13. The predicted octanol–water partition coefficient (Wildman–Crippen LogP) is 2.79. The quantitative estimate of drug-likeness (QED) is 0.899. The summed E-state index contributed by atoms with van der Waals surface area (Å²) in [5.74, 6) is 0.574. The molecule has 1 N–H and O–H groups in total. The minimum absolute atomic E-state index is 0.120. The summed E-state index contributed by atoms with van der Waals surface area (Å²) >= 11 is 0. The van der Waals surface area contributed by atoms with E-state index in [1.807, 2.05) is 12.1 Å². The molecular formula is C18H28N2O2S. The number of nitrogens with one attached hydrogen (secondary N) is 1. The van der Waals surface area contributed by atoms with E-state index in [0.717, 1.165) is 19.3 Å². The molecule has 2 saturated heterocycles. The first-order chi connectivity index (χ1) is 10.9. The zero-order chi connectivity index (χ0) is 16.6. The van der Waals surface area contributed by atoms with Gasteiger partial charge in [0, 0.05) is 25.2 Å². The highest BCUT2D eigenvalue weighted by atomic mass is 32.2. The van der Waals surface area contributed by atoms with E-state index in [0.29, 0.717) is 22.9 Å². The second kappa shape index (κ2) is 6.54. The van der Waals surface area contributed by atoms with Crippen LogP contribution in [-0.2, 0) is 16.4 Å². The molecule has 5 heteroatoms. The fraction of sp³-hybridized carbons (Fsp3) is 0.667. The maximum Gasteiger partial charge on any atom is 0.243 e. The Kier molecular flexibility index (Phi) is 4.81. The van der Waals surface area contributed by atoms with E-state index >= 15 is 0 Å². The molecule has 2 fully saturated rings. The molecule has 4 nitrogen and oxygen atoms in total. The Bertz CT molecular complexity index is 627. The van der Waals surface area contributed by atoms with Gasteiger partial charge in [-0.05, 0) is 55.7 Å². The molecule has 128 valence electrons. The van der Waals surface area contributed by atoms with E-state index < -0.39 is 10.0 Å². The van der Waals surface area contributed by atoms with Crippen molar-refractivity contribution in [1.29, 1.82) is 0 Å². The lowest BCUT2D eigenvalue weighted by molar-refractivity contribution is 0.251. The molecule has 1 aromatic rings.